The van der Waals surface area contributed by atoms with Crippen LogP contribution in [0.4, 0.5) is 0 Å². The minimum Gasteiger partial charge on any atom is -0.459 e. The third kappa shape index (κ3) is 5.62. The summed E-state index contributed by atoms with van der Waals surface area (Å²) in [6, 6.07) is 0. The Morgan fingerprint density at radius 2 is 1.23 bits per heavy atom. The average Bonchev–Trinajstić information content (AvgIpc) is 2.64. The first-order valence-corrected chi connectivity index (χ1v) is 11.8. The summed E-state index contributed by atoms with van der Waals surface area (Å²) >= 11 is 13.1. The molecule has 0 amide bonds. The normalized spacial score (nSPS) is 24.8. The van der Waals surface area contributed by atoms with Gasteiger partial charge in [0.25, 0.3) is 0 Å². The smallest absolute Gasteiger partial charge is 0.333 e. The Morgan fingerprint density at radius 1 is 0.867 bits per heavy atom. The third-order valence-corrected chi connectivity index (χ3v) is 7.64. The summed E-state index contributed by atoms with van der Waals surface area (Å²) < 4.78 is 11.5. The van der Waals surface area contributed by atoms with E-state index in [0.29, 0.717) is 22.9 Å². The lowest BCUT2D eigenvalue weighted by Gasteiger charge is -2.60. The molecule has 0 aromatic carbocycles. The fraction of sp³-hybridized carbons (Fsp3) is 0.750. The van der Waals surface area contributed by atoms with Crippen LogP contribution >= 0.6 is 23.2 Å². The molecule has 1 fully saturated rings. The molecule has 0 heterocycles. The second-order valence-electron chi connectivity index (χ2n) is 9.43. The summed E-state index contributed by atoms with van der Waals surface area (Å²) in [5.74, 6) is -0.554. The molecule has 0 N–H and O–H groups in total. The Labute approximate surface area is 192 Å². The van der Waals surface area contributed by atoms with E-state index in [0.717, 1.165) is 25.7 Å². The van der Waals surface area contributed by atoms with Crippen molar-refractivity contribution in [3.63, 3.8) is 0 Å². The molecular formula is C24H38Cl2O4. The lowest BCUT2D eigenvalue weighted by Crippen LogP contribution is -2.58. The zero-order chi connectivity index (χ0) is 23.3. The molecule has 4 unspecified atom stereocenters. The van der Waals surface area contributed by atoms with E-state index in [-0.39, 0.29) is 22.7 Å². The van der Waals surface area contributed by atoms with Crippen LogP contribution in [0.2, 0.25) is 0 Å². The Morgan fingerprint density at radius 3 is 1.53 bits per heavy atom. The molecule has 1 rings (SSSR count). The third-order valence-electron chi connectivity index (χ3n) is 6.97. The van der Waals surface area contributed by atoms with Crippen molar-refractivity contribution >= 4 is 35.1 Å². The molecule has 172 valence electrons. The first-order chi connectivity index (χ1) is 13.9. The summed E-state index contributed by atoms with van der Waals surface area (Å²) in [6.07, 6.45) is 3.14. The van der Waals surface area contributed by atoms with Gasteiger partial charge in [0.1, 0.15) is 12.2 Å². The molecule has 1 saturated carbocycles. The van der Waals surface area contributed by atoms with Crippen LogP contribution in [0, 0.1) is 22.7 Å². The van der Waals surface area contributed by atoms with Crippen molar-refractivity contribution in [2.24, 2.45) is 22.7 Å². The van der Waals surface area contributed by atoms with Gasteiger partial charge in [-0.1, -0.05) is 39.8 Å². The van der Waals surface area contributed by atoms with Gasteiger partial charge in [-0.3, -0.25) is 0 Å². The van der Waals surface area contributed by atoms with Gasteiger partial charge < -0.3 is 9.47 Å². The van der Waals surface area contributed by atoms with Crippen molar-refractivity contribution < 1.29 is 19.1 Å². The molecule has 0 bridgehead atoms. The first-order valence-electron chi connectivity index (χ1n) is 10.7. The molecule has 6 heteroatoms. The number of carbonyl (C=O) groups is 2. The van der Waals surface area contributed by atoms with E-state index in [1.54, 1.807) is 13.8 Å². The lowest BCUT2D eigenvalue weighted by molar-refractivity contribution is -0.173. The van der Waals surface area contributed by atoms with Crippen LogP contribution in [0.25, 0.3) is 0 Å². The maximum absolute atomic E-state index is 12.2. The minimum absolute atomic E-state index is 0.141. The number of halogens is 2. The number of carbonyl (C=O) groups excluding carboxylic acids is 2. The van der Waals surface area contributed by atoms with Gasteiger partial charge in [0.05, 0.1) is 0 Å². The molecule has 4 nitrogen and oxygen atoms in total. The second kappa shape index (κ2) is 11.0. The zero-order valence-electron chi connectivity index (χ0n) is 19.4. The molecule has 0 aromatic rings. The van der Waals surface area contributed by atoms with Crippen LogP contribution < -0.4 is 0 Å². The Kier molecular flexibility index (Phi) is 9.95. The summed E-state index contributed by atoms with van der Waals surface area (Å²) in [6.45, 7) is 18.9. The van der Waals surface area contributed by atoms with Crippen molar-refractivity contribution in [1.29, 1.82) is 0 Å². The Hall–Kier alpha value is -1.00. The van der Waals surface area contributed by atoms with E-state index >= 15 is 0 Å². The minimum atomic E-state index is -0.432. The predicted octanol–water partition coefficient (Wildman–Crippen LogP) is 6.30. The fourth-order valence-electron chi connectivity index (χ4n) is 5.27. The van der Waals surface area contributed by atoms with Crippen LogP contribution in [-0.4, -0.2) is 35.9 Å². The number of ether oxygens (including phenoxy) is 2. The van der Waals surface area contributed by atoms with Gasteiger partial charge in [-0.25, -0.2) is 9.59 Å². The quantitative estimate of drug-likeness (QED) is 0.218. The molecule has 0 radical (unpaired) electrons. The number of hydrogen-bond acceptors (Lipinski definition) is 4. The van der Waals surface area contributed by atoms with Crippen LogP contribution in [0.3, 0.4) is 0 Å². The van der Waals surface area contributed by atoms with Crippen molar-refractivity contribution in [3.8, 4) is 0 Å². The molecule has 0 aliphatic heterocycles. The topological polar surface area (TPSA) is 52.6 Å². The van der Waals surface area contributed by atoms with Gasteiger partial charge in [-0.15, -0.1) is 23.2 Å². The highest BCUT2D eigenvalue weighted by atomic mass is 35.5. The molecule has 4 atom stereocenters. The van der Waals surface area contributed by atoms with Crippen LogP contribution in [0.1, 0.15) is 67.2 Å². The highest BCUT2D eigenvalue weighted by molar-refractivity contribution is 6.18. The van der Waals surface area contributed by atoms with E-state index in [1.165, 1.54) is 0 Å². The zero-order valence-corrected chi connectivity index (χ0v) is 20.9. The van der Waals surface area contributed by atoms with E-state index < -0.39 is 24.1 Å². The SMILES string of the molecule is C=C(C)C(=O)OC(C)C(CCl)C1(C(CCl)C(C)OC(=O)C(=C)C)CCCCC1(C)C. The predicted molar refractivity (Wildman–Crippen MR) is 124 cm³/mol. The Bertz CT molecular complexity index is 614. The summed E-state index contributed by atoms with van der Waals surface area (Å²) in [5.41, 5.74) is 0.186. The van der Waals surface area contributed by atoms with Crippen molar-refractivity contribution in [3.05, 3.63) is 24.3 Å². The number of alkyl halides is 2. The highest BCUT2D eigenvalue weighted by Crippen LogP contribution is 2.61. The van der Waals surface area contributed by atoms with Gasteiger partial charge in [-0.2, -0.15) is 0 Å². The standard InChI is InChI=1S/C24H38Cl2O4/c1-15(2)21(27)29-17(5)19(13-25)24(12-10-9-11-23(24,7)8)20(14-26)18(6)30-22(28)16(3)4/h17-20H,1,3,9-14H2,2,4-8H3. The molecule has 1 aliphatic rings. The van der Waals surface area contributed by atoms with E-state index in [9.17, 15) is 9.59 Å². The monoisotopic (exact) mass is 460 g/mol. The summed E-state index contributed by atoms with van der Waals surface area (Å²) in [5, 5.41) is 0. The van der Waals surface area contributed by atoms with E-state index in [1.807, 2.05) is 13.8 Å². The van der Waals surface area contributed by atoms with Crippen LogP contribution in [-0.2, 0) is 19.1 Å². The average molecular weight is 461 g/mol. The molecule has 0 saturated heterocycles. The molecule has 0 spiro atoms. The maximum atomic E-state index is 12.2. The van der Waals surface area contributed by atoms with Crippen molar-refractivity contribution in [1.82, 2.24) is 0 Å². The second-order valence-corrected chi connectivity index (χ2v) is 10.1. The number of esters is 2. The van der Waals surface area contributed by atoms with Crippen molar-refractivity contribution in [2.75, 3.05) is 11.8 Å². The fourth-order valence-corrected chi connectivity index (χ4v) is 6.32. The number of hydrogen-bond donors (Lipinski definition) is 0. The van der Waals surface area contributed by atoms with Crippen molar-refractivity contribution in [2.45, 2.75) is 79.4 Å². The largest absolute Gasteiger partial charge is 0.459 e. The number of rotatable bonds is 10. The van der Waals surface area contributed by atoms with Gasteiger partial charge in [0.2, 0.25) is 0 Å². The van der Waals surface area contributed by atoms with E-state index in [4.69, 9.17) is 32.7 Å². The van der Waals surface area contributed by atoms with E-state index in [2.05, 4.69) is 27.0 Å². The van der Waals surface area contributed by atoms with Crippen LogP contribution in [0.15, 0.2) is 24.3 Å². The highest BCUT2D eigenvalue weighted by Gasteiger charge is 2.58. The lowest BCUT2D eigenvalue weighted by atomic mass is 9.46. The Balaban J connectivity index is 3.46. The van der Waals surface area contributed by atoms with Gasteiger partial charge in [-0.05, 0) is 51.4 Å². The molecular weight excluding hydrogens is 423 g/mol. The summed E-state index contributed by atoms with van der Waals surface area (Å²) in [7, 11) is 0. The molecule has 1 aliphatic carbocycles. The van der Waals surface area contributed by atoms with Gasteiger partial charge >= 0.3 is 11.9 Å². The summed E-state index contributed by atoms with van der Waals surface area (Å²) in [4.78, 5) is 24.5. The van der Waals surface area contributed by atoms with Gasteiger partial charge in [0, 0.05) is 34.7 Å². The molecule has 30 heavy (non-hydrogen) atoms. The van der Waals surface area contributed by atoms with Gasteiger partial charge in [0.15, 0.2) is 0 Å². The van der Waals surface area contributed by atoms with Crippen LogP contribution in [0.5, 0.6) is 0 Å². The maximum Gasteiger partial charge on any atom is 0.333 e. The first kappa shape index (κ1) is 27.0. The molecule has 0 aromatic heterocycles.